The monoisotopic (exact) mass is 346 g/mol. The van der Waals surface area contributed by atoms with Crippen LogP contribution in [0.4, 0.5) is 0 Å². The molecule has 0 aromatic heterocycles. The van der Waals surface area contributed by atoms with Crippen molar-refractivity contribution in [2.24, 2.45) is 17.8 Å². The van der Waals surface area contributed by atoms with Gasteiger partial charge in [0.25, 0.3) is 0 Å². The standard InChI is InChI=1S/C22H31ClO/c1-24-16-2-3-17-4-6-18(7-5-17)19-8-10-20(11-9-19)21-12-14-22(23)15-13-21/h2-3,12-15,17-20H,4-11,16H2,1H3. The largest absolute Gasteiger partial charge is 0.381 e. The summed E-state index contributed by atoms with van der Waals surface area (Å²) in [7, 11) is 1.77. The van der Waals surface area contributed by atoms with E-state index in [0.29, 0.717) is 0 Å². The van der Waals surface area contributed by atoms with Gasteiger partial charge in [0.1, 0.15) is 0 Å². The van der Waals surface area contributed by atoms with Crippen molar-refractivity contribution in [3.8, 4) is 0 Å². The van der Waals surface area contributed by atoms with Gasteiger partial charge in [0.05, 0.1) is 6.61 Å². The van der Waals surface area contributed by atoms with Gasteiger partial charge in [0, 0.05) is 12.1 Å². The van der Waals surface area contributed by atoms with Gasteiger partial charge in [-0.05, 0) is 92.7 Å². The van der Waals surface area contributed by atoms with E-state index in [2.05, 4.69) is 24.3 Å². The molecule has 1 nitrogen and oxygen atoms in total. The molecule has 0 saturated heterocycles. The second kappa shape index (κ2) is 9.06. The Morgan fingerprint density at radius 3 is 2.08 bits per heavy atom. The molecule has 2 heteroatoms. The summed E-state index contributed by atoms with van der Waals surface area (Å²) in [5, 5.41) is 0.851. The number of methoxy groups -OCH3 is 1. The number of benzene rings is 1. The summed E-state index contributed by atoms with van der Waals surface area (Å²) in [5.74, 6) is 3.49. The van der Waals surface area contributed by atoms with Crippen LogP contribution in [0.1, 0.15) is 62.8 Å². The van der Waals surface area contributed by atoms with E-state index in [-0.39, 0.29) is 0 Å². The average molecular weight is 347 g/mol. The first-order valence-electron chi connectivity index (χ1n) is 9.67. The molecule has 3 rings (SSSR count). The lowest BCUT2D eigenvalue weighted by atomic mass is 9.68. The number of hydrogen-bond acceptors (Lipinski definition) is 1. The van der Waals surface area contributed by atoms with E-state index in [0.717, 1.165) is 35.3 Å². The highest BCUT2D eigenvalue weighted by Crippen LogP contribution is 2.44. The summed E-state index contributed by atoms with van der Waals surface area (Å²) in [6, 6.07) is 8.54. The Bertz CT molecular complexity index is 505. The van der Waals surface area contributed by atoms with Crippen molar-refractivity contribution in [2.75, 3.05) is 13.7 Å². The molecular weight excluding hydrogens is 316 g/mol. The van der Waals surface area contributed by atoms with Gasteiger partial charge in [0.15, 0.2) is 0 Å². The summed E-state index contributed by atoms with van der Waals surface area (Å²) in [6.07, 6.45) is 15.8. The molecule has 1 aromatic carbocycles. The van der Waals surface area contributed by atoms with Gasteiger partial charge < -0.3 is 4.74 Å². The summed E-state index contributed by atoms with van der Waals surface area (Å²) in [6.45, 7) is 0.759. The van der Waals surface area contributed by atoms with Crippen LogP contribution in [-0.4, -0.2) is 13.7 Å². The normalized spacial score (nSPS) is 31.4. The zero-order valence-corrected chi connectivity index (χ0v) is 15.7. The molecule has 24 heavy (non-hydrogen) atoms. The molecule has 2 aliphatic rings. The van der Waals surface area contributed by atoms with Crippen molar-refractivity contribution in [2.45, 2.75) is 57.3 Å². The van der Waals surface area contributed by atoms with Crippen LogP contribution in [0.2, 0.25) is 5.02 Å². The van der Waals surface area contributed by atoms with Crippen LogP contribution in [0, 0.1) is 17.8 Å². The second-order valence-electron chi connectivity index (χ2n) is 7.72. The molecule has 2 saturated carbocycles. The third-order valence-corrected chi connectivity index (χ3v) is 6.52. The van der Waals surface area contributed by atoms with Crippen LogP contribution in [0.5, 0.6) is 0 Å². The minimum absolute atomic E-state index is 0.756. The Hall–Kier alpha value is -0.790. The molecule has 0 N–H and O–H groups in total. The highest BCUT2D eigenvalue weighted by molar-refractivity contribution is 6.30. The van der Waals surface area contributed by atoms with Gasteiger partial charge in [-0.2, -0.15) is 0 Å². The van der Waals surface area contributed by atoms with Crippen molar-refractivity contribution in [3.63, 3.8) is 0 Å². The van der Waals surface area contributed by atoms with Gasteiger partial charge in [0.2, 0.25) is 0 Å². The van der Waals surface area contributed by atoms with Crippen LogP contribution in [0.15, 0.2) is 36.4 Å². The Kier molecular flexibility index (Phi) is 6.80. The maximum atomic E-state index is 6.02. The minimum Gasteiger partial charge on any atom is -0.381 e. The molecule has 132 valence electrons. The van der Waals surface area contributed by atoms with Gasteiger partial charge in [-0.15, -0.1) is 0 Å². The van der Waals surface area contributed by atoms with E-state index in [4.69, 9.17) is 16.3 Å². The lowest BCUT2D eigenvalue weighted by molar-refractivity contribution is 0.171. The number of allylic oxidation sites excluding steroid dienone is 1. The van der Waals surface area contributed by atoms with Crippen LogP contribution in [0.25, 0.3) is 0 Å². The van der Waals surface area contributed by atoms with Crippen LogP contribution < -0.4 is 0 Å². The molecule has 1 aromatic rings. The molecular formula is C22H31ClO. The number of hydrogen-bond donors (Lipinski definition) is 0. The predicted molar refractivity (Wildman–Crippen MR) is 103 cm³/mol. The highest BCUT2D eigenvalue weighted by atomic mass is 35.5. The van der Waals surface area contributed by atoms with Crippen molar-refractivity contribution in [3.05, 3.63) is 47.0 Å². The molecule has 0 bridgehead atoms. The molecule has 0 aliphatic heterocycles. The third kappa shape index (κ3) is 4.86. The Morgan fingerprint density at radius 2 is 1.50 bits per heavy atom. The summed E-state index contributed by atoms with van der Waals surface area (Å²) in [4.78, 5) is 0. The number of rotatable bonds is 5. The first-order valence-corrected chi connectivity index (χ1v) is 10.0. The maximum Gasteiger partial charge on any atom is 0.0643 e. The summed E-state index contributed by atoms with van der Waals surface area (Å²) in [5.41, 5.74) is 1.49. The maximum absolute atomic E-state index is 6.02. The van der Waals surface area contributed by atoms with E-state index in [1.54, 1.807) is 7.11 Å². The van der Waals surface area contributed by atoms with Crippen molar-refractivity contribution >= 4 is 11.6 Å². The molecule has 0 heterocycles. The van der Waals surface area contributed by atoms with E-state index >= 15 is 0 Å². The quantitative estimate of drug-likeness (QED) is 0.544. The van der Waals surface area contributed by atoms with Crippen molar-refractivity contribution in [1.82, 2.24) is 0 Å². The second-order valence-corrected chi connectivity index (χ2v) is 8.16. The van der Waals surface area contributed by atoms with Gasteiger partial charge in [-0.3, -0.25) is 0 Å². The Labute approximate surface area is 152 Å². The SMILES string of the molecule is COCC=CC1CCC(C2CCC(c3ccc(Cl)cc3)CC2)CC1. The molecule has 0 atom stereocenters. The topological polar surface area (TPSA) is 9.23 Å². The van der Waals surface area contributed by atoms with Crippen molar-refractivity contribution in [1.29, 1.82) is 0 Å². The molecule has 2 aliphatic carbocycles. The fraction of sp³-hybridized carbons (Fsp3) is 0.636. The fourth-order valence-electron chi connectivity index (χ4n) is 4.81. The summed E-state index contributed by atoms with van der Waals surface area (Å²) < 4.78 is 5.11. The smallest absolute Gasteiger partial charge is 0.0643 e. The van der Waals surface area contributed by atoms with Crippen LogP contribution in [0.3, 0.4) is 0 Å². The lowest BCUT2D eigenvalue weighted by Crippen LogP contribution is -2.25. The highest BCUT2D eigenvalue weighted by Gasteiger charge is 2.30. The zero-order valence-electron chi connectivity index (χ0n) is 14.9. The number of ether oxygens (including phenoxy) is 1. The fourth-order valence-corrected chi connectivity index (χ4v) is 4.94. The molecule has 0 radical (unpaired) electrons. The van der Waals surface area contributed by atoms with Gasteiger partial charge in [-0.1, -0.05) is 35.9 Å². The third-order valence-electron chi connectivity index (χ3n) is 6.27. The van der Waals surface area contributed by atoms with Crippen LogP contribution in [-0.2, 0) is 4.74 Å². The van der Waals surface area contributed by atoms with E-state index in [1.807, 2.05) is 12.1 Å². The van der Waals surface area contributed by atoms with Crippen LogP contribution >= 0.6 is 11.6 Å². The van der Waals surface area contributed by atoms with Gasteiger partial charge >= 0.3 is 0 Å². The van der Waals surface area contributed by atoms with Crippen molar-refractivity contribution < 1.29 is 4.74 Å². The first kappa shape index (κ1) is 18.0. The molecule has 0 spiro atoms. The Morgan fingerprint density at radius 1 is 0.917 bits per heavy atom. The average Bonchev–Trinajstić information content (AvgIpc) is 2.63. The summed E-state index contributed by atoms with van der Waals surface area (Å²) >= 11 is 6.02. The lowest BCUT2D eigenvalue weighted by Gasteiger charge is -2.37. The Balaban J connectivity index is 1.43. The molecule has 0 amide bonds. The molecule has 2 fully saturated rings. The number of halogens is 1. The first-order chi connectivity index (χ1) is 11.8. The van der Waals surface area contributed by atoms with E-state index in [1.165, 1.54) is 56.9 Å². The zero-order chi connectivity index (χ0) is 16.8. The van der Waals surface area contributed by atoms with Gasteiger partial charge in [-0.25, -0.2) is 0 Å². The minimum atomic E-state index is 0.756. The predicted octanol–water partition coefficient (Wildman–Crippen LogP) is 6.62. The molecule has 0 unspecified atom stereocenters. The van der Waals surface area contributed by atoms with E-state index in [9.17, 15) is 0 Å². The van der Waals surface area contributed by atoms with E-state index < -0.39 is 0 Å².